The lowest BCUT2D eigenvalue weighted by atomic mass is 10.3. The number of nitrogens with one attached hydrogen (secondary N) is 2. The number of rotatable bonds is 5. The van der Waals surface area contributed by atoms with Gasteiger partial charge in [0.1, 0.15) is 0 Å². The summed E-state index contributed by atoms with van der Waals surface area (Å²) in [5.74, 6) is -0.220. The van der Waals surface area contributed by atoms with Gasteiger partial charge in [0.15, 0.2) is 0 Å². The van der Waals surface area contributed by atoms with Crippen molar-refractivity contribution in [1.29, 1.82) is 0 Å². The van der Waals surface area contributed by atoms with Gasteiger partial charge in [0.05, 0.1) is 11.5 Å². The minimum atomic E-state index is -0.484. The van der Waals surface area contributed by atoms with E-state index in [1.807, 2.05) is 30.3 Å². The number of nitro groups is 1. The number of benzene rings is 2. The number of carbonyl (C=O) groups excluding carboxylic acids is 1. The minimum absolute atomic E-state index is 0.00888. The molecule has 0 fully saturated rings. The molecule has 6 heteroatoms. The molecule has 0 unspecified atom stereocenters. The first-order valence-electron chi connectivity index (χ1n) is 5.98. The Morgan fingerprint density at radius 2 is 1.65 bits per heavy atom. The molecule has 0 bridgehead atoms. The molecule has 0 saturated carbocycles. The van der Waals surface area contributed by atoms with Crippen LogP contribution in [-0.2, 0) is 4.79 Å². The number of hydrogen-bond acceptors (Lipinski definition) is 4. The van der Waals surface area contributed by atoms with E-state index in [1.54, 1.807) is 0 Å². The van der Waals surface area contributed by atoms with Crippen molar-refractivity contribution in [2.45, 2.75) is 0 Å². The molecular weight excluding hydrogens is 258 g/mol. The van der Waals surface area contributed by atoms with E-state index in [9.17, 15) is 14.9 Å². The van der Waals surface area contributed by atoms with Crippen molar-refractivity contribution in [3.63, 3.8) is 0 Å². The van der Waals surface area contributed by atoms with E-state index >= 15 is 0 Å². The summed E-state index contributed by atoms with van der Waals surface area (Å²) in [4.78, 5) is 21.7. The fraction of sp³-hybridized carbons (Fsp3) is 0.0714. The fourth-order valence-corrected chi connectivity index (χ4v) is 1.61. The Balaban J connectivity index is 1.86. The molecule has 6 nitrogen and oxygen atoms in total. The highest BCUT2D eigenvalue weighted by molar-refractivity contribution is 5.93. The number of anilines is 2. The molecule has 0 aliphatic heterocycles. The predicted molar refractivity (Wildman–Crippen MR) is 76.7 cm³/mol. The second kappa shape index (κ2) is 6.33. The van der Waals surface area contributed by atoms with E-state index in [-0.39, 0.29) is 18.1 Å². The molecule has 0 heterocycles. The van der Waals surface area contributed by atoms with Crippen LogP contribution in [0.5, 0.6) is 0 Å². The first-order chi connectivity index (χ1) is 9.65. The number of nitrogens with zero attached hydrogens (tertiary/aromatic N) is 1. The van der Waals surface area contributed by atoms with Gasteiger partial charge in [-0.15, -0.1) is 0 Å². The molecular formula is C14H13N3O3. The Bertz CT molecular complexity index is 597. The van der Waals surface area contributed by atoms with Crippen LogP contribution in [0, 0.1) is 10.1 Å². The van der Waals surface area contributed by atoms with Gasteiger partial charge < -0.3 is 10.6 Å². The maximum atomic E-state index is 11.7. The quantitative estimate of drug-likeness (QED) is 0.646. The van der Waals surface area contributed by atoms with Crippen molar-refractivity contribution in [2.75, 3.05) is 17.2 Å². The summed E-state index contributed by atoms with van der Waals surface area (Å²) in [6.07, 6.45) is 0. The van der Waals surface area contributed by atoms with Gasteiger partial charge in [0, 0.05) is 23.5 Å². The fourth-order valence-electron chi connectivity index (χ4n) is 1.61. The van der Waals surface area contributed by atoms with Crippen LogP contribution in [0.4, 0.5) is 17.1 Å². The van der Waals surface area contributed by atoms with Gasteiger partial charge in [-0.2, -0.15) is 0 Å². The third-order valence-corrected chi connectivity index (χ3v) is 2.59. The smallest absolute Gasteiger partial charge is 0.269 e. The maximum Gasteiger partial charge on any atom is 0.269 e. The second-order valence-corrected chi connectivity index (χ2v) is 4.07. The Hall–Kier alpha value is -2.89. The lowest BCUT2D eigenvalue weighted by molar-refractivity contribution is -0.384. The third kappa shape index (κ3) is 3.81. The van der Waals surface area contributed by atoms with E-state index in [0.29, 0.717) is 5.69 Å². The van der Waals surface area contributed by atoms with Crippen LogP contribution in [0.1, 0.15) is 0 Å². The molecule has 0 saturated heterocycles. The number of hydrogen-bond donors (Lipinski definition) is 2. The van der Waals surface area contributed by atoms with Crippen molar-refractivity contribution in [1.82, 2.24) is 0 Å². The third-order valence-electron chi connectivity index (χ3n) is 2.59. The summed E-state index contributed by atoms with van der Waals surface area (Å²) in [6, 6.07) is 15.0. The summed E-state index contributed by atoms with van der Waals surface area (Å²) < 4.78 is 0. The van der Waals surface area contributed by atoms with Crippen LogP contribution in [0.25, 0.3) is 0 Å². The number of nitro benzene ring substituents is 1. The molecule has 0 radical (unpaired) electrons. The standard InChI is InChI=1S/C14H13N3O3/c18-14(10-15-11-4-2-1-3-5-11)16-12-6-8-13(9-7-12)17(19)20/h1-9,15H,10H2,(H,16,18). The number of carbonyl (C=O) groups is 1. The molecule has 102 valence electrons. The molecule has 0 atom stereocenters. The van der Waals surface area contributed by atoms with E-state index < -0.39 is 4.92 Å². The van der Waals surface area contributed by atoms with E-state index in [4.69, 9.17) is 0 Å². The first kappa shape index (κ1) is 13.5. The van der Waals surface area contributed by atoms with Gasteiger partial charge in [-0.1, -0.05) is 18.2 Å². The molecule has 0 spiro atoms. The average Bonchev–Trinajstić information content (AvgIpc) is 2.47. The zero-order valence-electron chi connectivity index (χ0n) is 10.6. The monoisotopic (exact) mass is 271 g/mol. The lowest BCUT2D eigenvalue weighted by Gasteiger charge is -2.07. The predicted octanol–water partition coefficient (Wildman–Crippen LogP) is 2.65. The summed E-state index contributed by atoms with van der Waals surface area (Å²) in [5.41, 5.74) is 1.37. The average molecular weight is 271 g/mol. The van der Waals surface area contributed by atoms with E-state index in [2.05, 4.69) is 10.6 Å². The van der Waals surface area contributed by atoms with Crippen LogP contribution in [0.2, 0.25) is 0 Å². The van der Waals surface area contributed by atoms with Crippen LogP contribution < -0.4 is 10.6 Å². The second-order valence-electron chi connectivity index (χ2n) is 4.07. The first-order valence-corrected chi connectivity index (χ1v) is 5.98. The van der Waals surface area contributed by atoms with Crippen molar-refractivity contribution >= 4 is 23.0 Å². The molecule has 2 aromatic carbocycles. The molecule has 2 aromatic rings. The zero-order valence-corrected chi connectivity index (χ0v) is 10.6. The topological polar surface area (TPSA) is 84.3 Å². The Morgan fingerprint density at radius 1 is 1.00 bits per heavy atom. The van der Waals surface area contributed by atoms with Crippen LogP contribution >= 0.6 is 0 Å². The minimum Gasteiger partial charge on any atom is -0.376 e. The van der Waals surface area contributed by atoms with Crippen molar-refractivity contribution in [3.05, 3.63) is 64.7 Å². The van der Waals surface area contributed by atoms with Gasteiger partial charge in [-0.05, 0) is 24.3 Å². The van der Waals surface area contributed by atoms with Gasteiger partial charge in [-0.25, -0.2) is 0 Å². The zero-order chi connectivity index (χ0) is 14.4. The summed E-state index contributed by atoms with van der Waals surface area (Å²) in [5, 5.41) is 16.1. The molecule has 0 aromatic heterocycles. The lowest BCUT2D eigenvalue weighted by Crippen LogP contribution is -2.21. The van der Waals surface area contributed by atoms with Gasteiger partial charge in [0.25, 0.3) is 5.69 Å². The van der Waals surface area contributed by atoms with Gasteiger partial charge in [0.2, 0.25) is 5.91 Å². The van der Waals surface area contributed by atoms with E-state index in [1.165, 1.54) is 24.3 Å². The Kier molecular flexibility index (Phi) is 4.28. The van der Waals surface area contributed by atoms with Crippen molar-refractivity contribution in [3.8, 4) is 0 Å². The molecule has 0 aliphatic rings. The van der Waals surface area contributed by atoms with Crippen LogP contribution in [0.3, 0.4) is 0 Å². The molecule has 1 amide bonds. The van der Waals surface area contributed by atoms with Gasteiger partial charge in [-0.3, -0.25) is 14.9 Å². The molecule has 2 rings (SSSR count). The summed E-state index contributed by atoms with van der Waals surface area (Å²) in [6.45, 7) is 0.126. The normalized spacial score (nSPS) is 9.80. The molecule has 0 aliphatic carbocycles. The number of para-hydroxylation sites is 1. The largest absolute Gasteiger partial charge is 0.376 e. The summed E-state index contributed by atoms with van der Waals surface area (Å²) in [7, 11) is 0. The van der Waals surface area contributed by atoms with Crippen LogP contribution in [0.15, 0.2) is 54.6 Å². The molecule has 20 heavy (non-hydrogen) atoms. The highest BCUT2D eigenvalue weighted by Gasteiger charge is 2.06. The number of amides is 1. The number of non-ortho nitro benzene ring substituents is 1. The van der Waals surface area contributed by atoms with Gasteiger partial charge >= 0.3 is 0 Å². The van der Waals surface area contributed by atoms with Crippen molar-refractivity contribution < 1.29 is 9.72 Å². The highest BCUT2D eigenvalue weighted by Crippen LogP contribution is 2.15. The Morgan fingerprint density at radius 3 is 2.25 bits per heavy atom. The molecule has 2 N–H and O–H groups in total. The highest BCUT2D eigenvalue weighted by atomic mass is 16.6. The summed E-state index contributed by atoms with van der Waals surface area (Å²) >= 11 is 0. The SMILES string of the molecule is O=C(CNc1ccccc1)Nc1ccc([N+](=O)[O-])cc1. The van der Waals surface area contributed by atoms with E-state index in [0.717, 1.165) is 5.69 Å². The van der Waals surface area contributed by atoms with Crippen LogP contribution in [-0.4, -0.2) is 17.4 Å². The Labute approximate surface area is 115 Å². The maximum absolute atomic E-state index is 11.7. The van der Waals surface area contributed by atoms with Crippen molar-refractivity contribution in [2.24, 2.45) is 0 Å².